The summed E-state index contributed by atoms with van der Waals surface area (Å²) in [6, 6.07) is 0. The van der Waals surface area contributed by atoms with E-state index in [4.69, 9.17) is 10.5 Å². The lowest BCUT2D eigenvalue weighted by molar-refractivity contribution is -0.448. The van der Waals surface area contributed by atoms with E-state index >= 15 is 0 Å². The Balaban J connectivity index is 2.95. The van der Waals surface area contributed by atoms with E-state index in [1.54, 1.807) is 6.08 Å². The van der Waals surface area contributed by atoms with Gasteiger partial charge >= 0.3 is 5.97 Å². The number of allylic oxidation sites excluding steroid dienone is 2. The van der Waals surface area contributed by atoms with Crippen molar-refractivity contribution in [3.8, 4) is 0 Å². The number of esters is 1. The van der Waals surface area contributed by atoms with E-state index < -0.39 is 5.60 Å². The molecule has 0 aliphatic carbocycles. The van der Waals surface area contributed by atoms with Gasteiger partial charge in [-0.05, 0) is 26.8 Å². The van der Waals surface area contributed by atoms with Gasteiger partial charge in [-0.2, -0.15) is 0 Å². The maximum absolute atomic E-state index is 11.7. The van der Waals surface area contributed by atoms with Crippen LogP contribution in [0, 0.1) is 0 Å². The summed E-state index contributed by atoms with van der Waals surface area (Å²) in [6.45, 7) is 7.43. The molecule has 0 atom stereocenters. The fourth-order valence-electron chi connectivity index (χ4n) is 1.84. The third-order valence-electron chi connectivity index (χ3n) is 2.76. The quantitative estimate of drug-likeness (QED) is 0.521. The number of ketones is 1. The van der Waals surface area contributed by atoms with E-state index in [-0.39, 0.29) is 24.0 Å². The van der Waals surface area contributed by atoms with Gasteiger partial charge in [0, 0.05) is 20.2 Å². The number of nitrogens with two attached hydrogens (primary N) is 1. The summed E-state index contributed by atoms with van der Waals surface area (Å²) in [7, 11) is 1.90. The minimum absolute atomic E-state index is 0.0307. The van der Waals surface area contributed by atoms with Gasteiger partial charge in [0.05, 0.1) is 11.3 Å². The third-order valence-corrected chi connectivity index (χ3v) is 2.76. The number of rotatable bonds is 3. The molecule has 0 spiro atoms. The molecule has 0 unspecified atom stereocenters. The highest BCUT2D eigenvalue weighted by Gasteiger charge is 2.23. The lowest BCUT2D eigenvalue weighted by atomic mass is 10.0. The predicted octanol–water partition coefficient (Wildman–Crippen LogP) is -0.889. The lowest BCUT2D eigenvalue weighted by Crippen LogP contribution is -2.77. The average Bonchev–Trinajstić information content (AvgIpc) is 2.33. The number of nitrogens with zero attached hydrogens (tertiary/aromatic N) is 1. The molecular formula is C15H24N3O3+. The minimum atomic E-state index is -0.524. The van der Waals surface area contributed by atoms with Crippen LogP contribution < -0.4 is 10.7 Å². The van der Waals surface area contributed by atoms with E-state index in [1.165, 1.54) is 6.92 Å². The fraction of sp³-hybridized carbons (Fsp3) is 0.533. The maximum Gasteiger partial charge on any atom is 0.372 e. The molecule has 0 amide bonds. The largest absolute Gasteiger partial charge is 0.455 e. The van der Waals surface area contributed by atoms with E-state index in [1.807, 2.05) is 38.9 Å². The second kappa shape index (κ2) is 6.56. The van der Waals surface area contributed by atoms with E-state index in [0.29, 0.717) is 12.1 Å². The van der Waals surface area contributed by atoms with Gasteiger partial charge in [-0.3, -0.25) is 4.79 Å². The molecule has 21 heavy (non-hydrogen) atoms. The number of Topliss-reactive ketones (excluding diaryl/α,β-unsaturated/α-hetero) is 1. The number of hydrogen-bond acceptors (Lipinski definition) is 5. The molecule has 1 aliphatic rings. The summed E-state index contributed by atoms with van der Waals surface area (Å²) >= 11 is 0. The molecule has 0 radical (unpaired) electrons. The van der Waals surface area contributed by atoms with E-state index in [9.17, 15) is 9.59 Å². The summed E-state index contributed by atoms with van der Waals surface area (Å²) in [5, 5.41) is 0. The highest BCUT2D eigenvalue weighted by molar-refractivity contribution is 6.08. The van der Waals surface area contributed by atoms with Gasteiger partial charge in [-0.1, -0.05) is 0 Å². The number of hydrogen-bond donors (Lipinski definition) is 2. The molecule has 0 saturated heterocycles. The zero-order valence-corrected chi connectivity index (χ0v) is 13.3. The van der Waals surface area contributed by atoms with Crippen LogP contribution in [0.5, 0.6) is 0 Å². The van der Waals surface area contributed by atoms with Gasteiger partial charge in [0.25, 0.3) is 0 Å². The van der Waals surface area contributed by atoms with Crippen LogP contribution in [0.1, 0.15) is 27.7 Å². The molecule has 0 fully saturated rings. The summed E-state index contributed by atoms with van der Waals surface area (Å²) in [4.78, 5) is 28.1. The van der Waals surface area contributed by atoms with Gasteiger partial charge in [-0.25, -0.2) is 9.79 Å². The summed E-state index contributed by atoms with van der Waals surface area (Å²) in [5.41, 5.74) is 6.84. The van der Waals surface area contributed by atoms with E-state index in [2.05, 4.69) is 4.99 Å². The maximum atomic E-state index is 11.7. The van der Waals surface area contributed by atoms with Crippen LogP contribution in [0.4, 0.5) is 0 Å². The van der Waals surface area contributed by atoms with Gasteiger partial charge in [0.1, 0.15) is 12.1 Å². The van der Waals surface area contributed by atoms with Crippen molar-refractivity contribution in [2.24, 2.45) is 5.73 Å². The molecule has 1 heterocycles. The molecule has 0 aromatic carbocycles. The number of ether oxygens (including phenoxy) is 1. The Kier molecular flexibility index (Phi) is 5.29. The summed E-state index contributed by atoms with van der Waals surface area (Å²) < 4.78 is 5.24. The van der Waals surface area contributed by atoms with Gasteiger partial charge < -0.3 is 15.4 Å². The van der Waals surface area contributed by atoms with Crippen LogP contribution in [0.15, 0.2) is 23.5 Å². The Morgan fingerprint density at radius 1 is 1.43 bits per heavy atom. The Bertz CT molecular complexity index is 525. The molecule has 3 N–H and O–H groups in total. The number of carbonyl (C=O) groups is 2. The Morgan fingerprint density at radius 3 is 2.57 bits per heavy atom. The first-order valence-electron chi connectivity index (χ1n) is 6.81. The number of nitrogens with one attached hydrogen (secondary N) is 1. The predicted molar refractivity (Wildman–Crippen MR) is 80.3 cm³/mol. The molecule has 0 bridgehead atoms. The van der Waals surface area contributed by atoms with Gasteiger partial charge in [-0.15, -0.1) is 0 Å². The highest BCUT2D eigenvalue weighted by atomic mass is 16.6. The van der Waals surface area contributed by atoms with Crippen LogP contribution in [0.25, 0.3) is 0 Å². The van der Waals surface area contributed by atoms with Crippen LogP contribution >= 0.6 is 0 Å². The Hall–Kier alpha value is -2.11. The molecule has 0 aromatic heterocycles. The molecule has 6 nitrogen and oxygen atoms in total. The van der Waals surface area contributed by atoms with Crippen LogP contribution in [-0.2, 0) is 14.3 Å². The van der Waals surface area contributed by atoms with Gasteiger partial charge in [0.2, 0.25) is 12.3 Å². The zero-order valence-electron chi connectivity index (χ0n) is 13.3. The molecular weight excluding hydrogens is 270 g/mol. The minimum Gasteiger partial charge on any atom is -0.455 e. The second-order valence-corrected chi connectivity index (χ2v) is 6.03. The van der Waals surface area contributed by atoms with Crippen molar-refractivity contribution in [3.05, 3.63) is 23.5 Å². The first kappa shape index (κ1) is 16.9. The van der Waals surface area contributed by atoms with Crippen molar-refractivity contribution < 1.29 is 19.3 Å². The zero-order chi connectivity index (χ0) is 16.2. The SMILES string of the molecule is CC(=O)C(N)=C1C=CN(C)CC1=[NH+]CC(=O)OC(C)(C)C. The third kappa shape index (κ3) is 5.41. The Morgan fingerprint density at radius 2 is 2.05 bits per heavy atom. The fourth-order valence-corrected chi connectivity index (χ4v) is 1.84. The summed E-state index contributed by atoms with van der Waals surface area (Å²) in [5.74, 6) is -0.552. The number of carbonyl (C=O) groups excluding carboxylic acids is 2. The Labute approximate surface area is 125 Å². The second-order valence-electron chi connectivity index (χ2n) is 6.03. The van der Waals surface area contributed by atoms with Crippen LogP contribution in [-0.4, -0.2) is 48.1 Å². The molecule has 0 saturated carbocycles. The molecule has 1 rings (SSSR count). The molecule has 0 aromatic rings. The van der Waals surface area contributed by atoms with Crippen molar-refractivity contribution in [2.75, 3.05) is 20.1 Å². The van der Waals surface area contributed by atoms with Crippen molar-refractivity contribution in [1.29, 1.82) is 0 Å². The van der Waals surface area contributed by atoms with Crippen molar-refractivity contribution >= 4 is 17.5 Å². The van der Waals surface area contributed by atoms with Crippen molar-refractivity contribution in [2.45, 2.75) is 33.3 Å². The topological polar surface area (TPSA) is 86.6 Å². The van der Waals surface area contributed by atoms with Crippen LogP contribution in [0.2, 0.25) is 0 Å². The van der Waals surface area contributed by atoms with Crippen LogP contribution in [0.3, 0.4) is 0 Å². The average molecular weight is 294 g/mol. The van der Waals surface area contributed by atoms with Gasteiger partial charge in [0.15, 0.2) is 5.78 Å². The first-order valence-corrected chi connectivity index (χ1v) is 6.81. The molecule has 1 aliphatic heterocycles. The standard InChI is InChI=1S/C15H23N3O3/c1-10(19)14(16)11-6-7-18(5)9-12(11)17-8-13(20)21-15(2,3)4/h6-7H,8-9,16H2,1-5H3/p+1. The molecule has 116 valence electrons. The van der Waals surface area contributed by atoms with Crippen molar-refractivity contribution in [1.82, 2.24) is 4.90 Å². The van der Waals surface area contributed by atoms with E-state index in [0.717, 1.165) is 5.71 Å². The smallest absolute Gasteiger partial charge is 0.372 e. The van der Waals surface area contributed by atoms with Crippen molar-refractivity contribution in [3.63, 3.8) is 0 Å². The first-order chi connectivity index (χ1) is 9.60. The summed E-state index contributed by atoms with van der Waals surface area (Å²) in [6.07, 6.45) is 3.60. The molecule has 6 heteroatoms. The monoisotopic (exact) mass is 294 g/mol. The normalized spacial score (nSPS) is 19.7. The highest BCUT2D eigenvalue weighted by Crippen LogP contribution is 2.10. The lowest BCUT2D eigenvalue weighted by Gasteiger charge is -2.20.